The summed E-state index contributed by atoms with van der Waals surface area (Å²) in [5.74, 6) is -1.47. The third-order valence-electron chi connectivity index (χ3n) is 2.77. The number of halogens is 1. The highest BCUT2D eigenvalue weighted by atomic mass is 19.1. The Kier molecular flexibility index (Phi) is 3.79. The van der Waals surface area contributed by atoms with Gasteiger partial charge in [-0.05, 0) is 43.3 Å². The van der Waals surface area contributed by atoms with Crippen molar-refractivity contribution in [3.05, 3.63) is 59.4 Å². The van der Waals surface area contributed by atoms with Crippen LogP contribution in [0.3, 0.4) is 0 Å². The number of amides is 1. The Labute approximate surface area is 114 Å². The zero-order chi connectivity index (χ0) is 14.7. The molecule has 4 nitrogen and oxygen atoms in total. The lowest BCUT2D eigenvalue weighted by atomic mass is 10.1. The van der Waals surface area contributed by atoms with Gasteiger partial charge in [-0.15, -0.1) is 0 Å². The molecule has 2 aromatic carbocycles. The number of carbonyl (C=O) groups excluding carboxylic acids is 2. The van der Waals surface area contributed by atoms with Gasteiger partial charge in [0.2, 0.25) is 0 Å². The van der Waals surface area contributed by atoms with Crippen LogP contribution in [0.4, 0.5) is 10.1 Å². The number of para-hydroxylation sites is 1. The molecule has 0 unspecified atom stereocenters. The smallest absolute Gasteiger partial charge is 0.255 e. The minimum Gasteiger partial charge on any atom is -0.506 e. The molecule has 1 amide bonds. The van der Waals surface area contributed by atoms with E-state index in [2.05, 4.69) is 5.32 Å². The second-order valence-electron chi connectivity index (χ2n) is 4.22. The maximum Gasteiger partial charge on any atom is 0.255 e. The van der Waals surface area contributed by atoms with E-state index in [-0.39, 0.29) is 28.3 Å². The highest BCUT2D eigenvalue weighted by molar-refractivity contribution is 6.10. The number of aromatic hydroxyl groups is 1. The van der Waals surface area contributed by atoms with Crippen molar-refractivity contribution in [1.29, 1.82) is 0 Å². The number of Topliss-reactive ketones (excluding diaryl/α,β-unsaturated/α-hetero) is 1. The Balaban J connectivity index is 2.32. The van der Waals surface area contributed by atoms with Gasteiger partial charge in [-0.2, -0.15) is 0 Å². The molecule has 0 heterocycles. The van der Waals surface area contributed by atoms with Gasteiger partial charge in [0.15, 0.2) is 5.78 Å². The van der Waals surface area contributed by atoms with E-state index in [0.717, 1.165) is 12.1 Å². The third-order valence-corrected chi connectivity index (χ3v) is 2.77. The van der Waals surface area contributed by atoms with Crippen LogP contribution in [0.1, 0.15) is 27.6 Å². The molecule has 0 radical (unpaired) electrons. The molecule has 0 aliphatic rings. The van der Waals surface area contributed by atoms with Gasteiger partial charge in [-0.25, -0.2) is 4.39 Å². The van der Waals surface area contributed by atoms with Crippen LogP contribution in [0.15, 0.2) is 42.5 Å². The van der Waals surface area contributed by atoms with Gasteiger partial charge >= 0.3 is 0 Å². The zero-order valence-corrected chi connectivity index (χ0v) is 10.7. The van der Waals surface area contributed by atoms with Crippen molar-refractivity contribution in [3.63, 3.8) is 0 Å². The summed E-state index contributed by atoms with van der Waals surface area (Å²) in [5.41, 5.74) is 0.485. The Hall–Kier alpha value is -2.69. The minimum atomic E-state index is -0.533. The predicted octanol–water partition coefficient (Wildman–Crippen LogP) is 2.99. The molecule has 0 saturated heterocycles. The molecule has 2 rings (SSSR count). The number of phenolic OH excluding ortho intramolecular Hbond substituents is 1. The highest BCUT2D eigenvalue weighted by Gasteiger charge is 2.15. The second kappa shape index (κ2) is 5.52. The first kappa shape index (κ1) is 13.7. The molecule has 20 heavy (non-hydrogen) atoms. The zero-order valence-electron chi connectivity index (χ0n) is 10.7. The number of anilines is 1. The molecule has 0 saturated carbocycles. The predicted molar refractivity (Wildman–Crippen MR) is 72.5 cm³/mol. The molecule has 0 aromatic heterocycles. The lowest BCUT2D eigenvalue weighted by Crippen LogP contribution is -2.14. The van der Waals surface area contributed by atoms with E-state index in [4.69, 9.17) is 0 Å². The van der Waals surface area contributed by atoms with E-state index in [9.17, 15) is 19.1 Å². The van der Waals surface area contributed by atoms with E-state index in [0.29, 0.717) is 0 Å². The lowest BCUT2D eigenvalue weighted by molar-refractivity contribution is 0.101. The van der Waals surface area contributed by atoms with Gasteiger partial charge in [-0.3, -0.25) is 9.59 Å². The SMILES string of the molecule is CC(=O)c1cccc(O)c1NC(=O)c1ccc(F)cc1. The van der Waals surface area contributed by atoms with E-state index in [1.54, 1.807) is 0 Å². The van der Waals surface area contributed by atoms with Crippen molar-refractivity contribution in [1.82, 2.24) is 0 Å². The molecule has 102 valence electrons. The Morgan fingerprint density at radius 3 is 2.35 bits per heavy atom. The maximum absolute atomic E-state index is 12.8. The van der Waals surface area contributed by atoms with Crippen molar-refractivity contribution in [2.24, 2.45) is 0 Å². The van der Waals surface area contributed by atoms with Crippen LogP contribution >= 0.6 is 0 Å². The first-order chi connectivity index (χ1) is 9.49. The van der Waals surface area contributed by atoms with Crippen molar-refractivity contribution in [3.8, 4) is 5.75 Å². The summed E-state index contributed by atoms with van der Waals surface area (Å²) in [6.07, 6.45) is 0. The number of hydrogen-bond acceptors (Lipinski definition) is 3. The lowest BCUT2D eigenvalue weighted by Gasteiger charge is -2.11. The van der Waals surface area contributed by atoms with Crippen molar-refractivity contribution < 1.29 is 19.1 Å². The van der Waals surface area contributed by atoms with E-state index < -0.39 is 11.7 Å². The quantitative estimate of drug-likeness (QED) is 0.667. The summed E-state index contributed by atoms with van der Waals surface area (Å²) in [5, 5.41) is 12.2. The van der Waals surface area contributed by atoms with E-state index in [1.165, 1.54) is 37.3 Å². The van der Waals surface area contributed by atoms with Gasteiger partial charge in [-0.1, -0.05) is 6.07 Å². The van der Waals surface area contributed by atoms with Gasteiger partial charge in [0.1, 0.15) is 11.6 Å². The van der Waals surface area contributed by atoms with Gasteiger partial charge in [0.05, 0.1) is 5.69 Å². The van der Waals surface area contributed by atoms with Gasteiger partial charge < -0.3 is 10.4 Å². The number of hydrogen-bond donors (Lipinski definition) is 2. The normalized spacial score (nSPS) is 10.1. The molecule has 0 aliphatic heterocycles. The van der Waals surface area contributed by atoms with Gasteiger partial charge in [0, 0.05) is 11.1 Å². The fourth-order valence-electron chi connectivity index (χ4n) is 1.75. The summed E-state index contributed by atoms with van der Waals surface area (Å²) in [6, 6.07) is 9.34. The molecule has 0 bridgehead atoms. The maximum atomic E-state index is 12.8. The van der Waals surface area contributed by atoms with Crippen LogP contribution in [0.25, 0.3) is 0 Å². The Bertz CT molecular complexity index is 665. The highest BCUT2D eigenvalue weighted by Crippen LogP contribution is 2.28. The van der Waals surface area contributed by atoms with Crippen LogP contribution in [-0.4, -0.2) is 16.8 Å². The topological polar surface area (TPSA) is 66.4 Å². The summed E-state index contributed by atoms with van der Waals surface area (Å²) in [7, 11) is 0. The van der Waals surface area contributed by atoms with Crippen LogP contribution in [0.5, 0.6) is 5.75 Å². The standard InChI is InChI=1S/C15H12FNO3/c1-9(18)12-3-2-4-13(19)14(12)17-15(20)10-5-7-11(16)8-6-10/h2-8,19H,1H3,(H,17,20). The average molecular weight is 273 g/mol. The fraction of sp³-hybridized carbons (Fsp3) is 0.0667. The van der Waals surface area contributed by atoms with Crippen molar-refractivity contribution in [2.45, 2.75) is 6.92 Å². The first-order valence-electron chi connectivity index (χ1n) is 5.89. The molecular weight excluding hydrogens is 261 g/mol. The molecule has 5 heteroatoms. The number of benzene rings is 2. The summed E-state index contributed by atoms with van der Waals surface area (Å²) in [6.45, 7) is 1.34. The summed E-state index contributed by atoms with van der Waals surface area (Å²) >= 11 is 0. The molecule has 0 atom stereocenters. The van der Waals surface area contributed by atoms with Crippen LogP contribution < -0.4 is 5.32 Å². The summed E-state index contributed by atoms with van der Waals surface area (Å²) < 4.78 is 12.8. The van der Waals surface area contributed by atoms with Crippen molar-refractivity contribution in [2.75, 3.05) is 5.32 Å². The third kappa shape index (κ3) is 2.83. The Morgan fingerprint density at radius 2 is 1.75 bits per heavy atom. The monoisotopic (exact) mass is 273 g/mol. The van der Waals surface area contributed by atoms with E-state index >= 15 is 0 Å². The molecule has 2 N–H and O–H groups in total. The fourth-order valence-corrected chi connectivity index (χ4v) is 1.75. The minimum absolute atomic E-state index is 0.0503. The number of phenols is 1. The average Bonchev–Trinajstić information content (AvgIpc) is 2.41. The first-order valence-corrected chi connectivity index (χ1v) is 5.89. The molecule has 0 spiro atoms. The number of rotatable bonds is 3. The number of carbonyl (C=O) groups is 2. The molecular formula is C15H12FNO3. The Morgan fingerprint density at radius 1 is 1.10 bits per heavy atom. The molecule has 0 aliphatic carbocycles. The van der Waals surface area contributed by atoms with Crippen molar-refractivity contribution >= 4 is 17.4 Å². The molecule has 0 fully saturated rings. The van der Waals surface area contributed by atoms with Crippen LogP contribution in [0, 0.1) is 5.82 Å². The van der Waals surface area contributed by atoms with Crippen LogP contribution in [0.2, 0.25) is 0 Å². The number of ketones is 1. The largest absolute Gasteiger partial charge is 0.506 e. The molecule has 2 aromatic rings. The summed E-state index contributed by atoms with van der Waals surface area (Å²) in [4.78, 5) is 23.5. The van der Waals surface area contributed by atoms with Crippen LogP contribution in [-0.2, 0) is 0 Å². The van der Waals surface area contributed by atoms with E-state index in [1.807, 2.05) is 0 Å². The second-order valence-corrected chi connectivity index (χ2v) is 4.22. The number of nitrogens with one attached hydrogen (secondary N) is 1. The van der Waals surface area contributed by atoms with Gasteiger partial charge in [0.25, 0.3) is 5.91 Å².